The molecule has 1 fully saturated rings. The molecule has 1 aromatic carbocycles. The Morgan fingerprint density at radius 1 is 1.26 bits per heavy atom. The van der Waals surface area contributed by atoms with E-state index in [9.17, 15) is 4.79 Å². The number of rotatable bonds is 5. The molecule has 2 N–H and O–H groups in total. The summed E-state index contributed by atoms with van der Waals surface area (Å²) in [5.41, 5.74) is 2.43. The zero-order valence-electron chi connectivity index (χ0n) is 11.6. The Morgan fingerprint density at radius 3 is 2.47 bits per heavy atom. The van der Waals surface area contributed by atoms with Crippen molar-refractivity contribution in [2.24, 2.45) is 5.92 Å². The van der Waals surface area contributed by atoms with Crippen LogP contribution in [0.4, 0.5) is 5.69 Å². The molecule has 0 aliphatic heterocycles. The quantitative estimate of drug-likeness (QED) is 0.846. The van der Waals surface area contributed by atoms with Crippen LogP contribution < -0.4 is 5.32 Å². The molecule has 1 unspecified atom stereocenters. The minimum Gasteiger partial charge on any atom is -0.481 e. The van der Waals surface area contributed by atoms with Crippen LogP contribution in [0.3, 0.4) is 0 Å². The van der Waals surface area contributed by atoms with Crippen LogP contribution in [-0.2, 0) is 4.79 Å². The molecule has 1 atom stereocenters. The van der Waals surface area contributed by atoms with E-state index in [1.165, 1.54) is 37.7 Å². The average molecular weight is 261 g/mol. The first-order valence-corrected chi connectivity index (χ1v) is 7.23. The van der Waals surface area contributed by atoms with E-state index >= 15 is 0 Å². The van der Waals surface area contributed by atoms with E-state index < -0.39 is 5.97 Å². The molecule has 1 aromatic rings. The molecule has 19 heavy (non-hydrogen) atoms. The fourth-order valence-electron chi connectivity index (χ4n) is 2.67. The monoisotopic (exact) mass is 261 g/mol. The molecule has 0 heterocycles. The number of carboxylic acids is 1. The van der Waals surface area contributed by atoms with Crippen LogP contribution in [0.25, 0.3) is 0 Å². The summed E-state index contributed by atoms with van der Waals surface area (Å²) in [7, 11) is 0. The van der Waals surface area contributed by atoms with Crippen LogP contribution >= 0.6 is 0 Å². The van der Waals surface area contributed by atoms with Gasteiger partial charge in [-0.1, -0.05) is 38.3 Å². The third kappa shape index (κ3) is 3.98. The Kier molecular flexibility index (Phi) is 4.83. The summed E-state index contributed by atoms with van der Waals surface area (Å²) < 4.78 is 0. The highest BCUT2D eigenvalue weighted by Crippen LogP contribution is 2.32. The molecule has 0 radical (unpaired) electrons. The van der Waals surface area contributed by atoms with E-state index in [4.69, 9.17) is 5.11 Å². The summed E-state index contributed by atoms with van der Waals surface area (Å²) in [6, 6.07) is 8.50. The van der Waals surface area contributed by atoms with Crippen LogP contribution in [0, 0.1) is 5.92 Å². The lowest BCUT2D eigenvalue weighted by Crippen LogP contribution is -2.19. The molecule has 104 valence electrons. The number of carbonyl (C=O) groups is 1. The first-order chi connectivity index (χ1) is 9.16. The van der Waals surface area contributed by atoms with Crippen molar-refractivity contribution >= 4 is 11.7 Å². The summed E-state index contributed by atoms with van der Waals surface area (Å²) in [4.78, 5) is 10.7. The number of carboxylic acid groups (broad SMARTS) is 1. The van der Waals surface area contributed by atoms with Crippen molar-refractivity contribution in [3.8, 4) is 0 Å². The van der Waals surface area contributed by atoms with Gasteiger partial charge < -0.3 is 10.4 Å². The van der Waals surface area contributed by atoms with Crippen molar-refractivity contribution in [3.63, 3.8) is 0 Å². The molecule has 0 aromatic heterocycles. The van der Waals surface area contributed by atoms with Gasteiger partial charge in [-0.25, -0.2) is 0 Å². The molecule has 0 spiro atoms. The molecule has 3 nitrogen and oxygen atoms in total. The van der Waals surface area contributed by atoms with Gasteiger partial charge in [0, 0.05) is 12.2 Å². The Hall–Kier alpha value is -1.51. The van der Waals surface area contributed by atoms with Crippen LogP contribution in [-0.4, -0.2) is 17.6 Å². The van der Waals surface area contributed by atoms with Gasteiger partial charge in [0.25, 0.3) is 0 Å². The zero-order chi connectivity index (χ0) is 13.7. The van der Waals surface area contributed by atoms with E-state index in [1.54, 1.807) is 6.92 Å². The van der Waals surface area contributed by atoms with Gasteiger partial charge in [-0.15, -0.1) is 0 Å². The highest BCUT2D eigenvalue weighted by molar-refractivity contribution is 5.70. The van der Waals surface area contributed by atoms with Crippen molar-refractivity contribution < 1.29 is 9.90 Å². The molecular weight excluding hydrogens is 238 g/mol. The molecule has 0 amide bonds. The Balaban J connectivity index is 1.89. The van der Waals surface area contributed by atoms with E-state index in [-0.39, 0.29) is 5.92 Å². The number of nitrogens with one attached hydrogen (secondary N) is 1. The SMILES string of the molecule is CC(CNc1ccc(C2CCCCC2)cc1)C(=O)O. The topological polar surface area (TPSA) is 49.3 Å². The van der Waals surface area contributed by atoms with Crippen LogP contribution in [0.1, 0.15) is 50.5 Å². The van der Waals surface area contributed by atoms with Crippen molar-refractivity contribution in [2.45, 2.75) is 44.9 Å². The van der Waals surface area contributed by atoms with Crippen molar-refractivity contribution in [1.82, 2.24) is 0 Å². The summed E-state index contributed by atoms with van der Waals surface area (Å²) in [6.07, 6.45) is 6.69. The number of benzene rings is 1. The maximum absolute atomic E-state index is 10.7. The van der Waals surface area contributed by atoms with Crippen LogP contribution in [0.2, 0.25) is 0 Å². The first-order valence-electron chi connectivity index (χ1n) is 7.23. The lowest BCUT2D eigenvalue weighted by molar-refractivity contribution is -0.140. The van der Waals surface area contributed by atoms with E-state index in [0.29, 0.717) is 6.54 Å². The van der Waals surface area contributed by atoms with Crippen molar-refractivity contribution in [1.29, 1.82) is 0 Å². The van der Waals surface area contributed by atoms with Gasteiger partial charge in [0.05, 0.1) is 5.92 Å². The Labute approximate surface area is 115 Å². The van der Waals surface area contributed by atoms with E-state index in [1.807, 2.05) is 0 Å². The number of hydrogen-bond donors (Lipinski definition) is 2. The molecule has 1 aliphatic carbocycles. The predicted molar refractivity (Wildman–Crippen MR) is 77.6 cm³/mol. The predicted octanol–water partition coefficient (Wildman–Crippen LogP) is 3.87. The molecule has 1 aliphatic rings. The Morgan fingerprint density at radius 2 is 1.89 bits per heavy atom. The van der Waals surface area contributed by atoms with Crippen LogP contribution in [0.5, 0.6) is 0 Å². The number of aliphatic carboxylic acids is 1. The van der Waals surface area contributed by atoms with E-state index in [0.717, 1.165) is 11.6 Å². The minimum atomic E-state index is -0.758. The van der Waals surface area contributed by atoms with E-state index in [2.05, 4.69) is 29.6 Å². The molecule has 1 saturated carbocycles. The summed E-state index contributed by atoms with van der Waals surface area (Å²) in [5.74, 6) is -0.398. The van der Waals surface area contributed by atoms with Gasteiger partial charge in [0.1, 0.15) is 0 Å². The standard InChI is InChI=1S/C16H23NO2/c1-12(16(18)19)11-17-15-9-7-14(8-10-15)13-5-3-2-4-6-13/h7-10,12-13,17H,2-6,11H2,1H3,(H,18,19). The second-order valence-corrected chi connectivity index (χ2v) is 5.58. The van der Waals surface area contributed by atoms with Gasteiger partial charge in [0.15, 0.2) is 0 Å². The van der Waals surface area contributed by atoms with Gasteiger partial charge in [0.2, 0.25) is 0 Å². The molecular formula is C16H23NO2. The lowest BCUT2D eigenvalue weighted by Gasteiger charge is -2.22. The van der Waals surface area contributed by atoms with Gasteiger partial charge >= 0.3 is 5.97 Å². The maximum atomic E-state index is 10.7. The third-order valence-corrected chi connectivity index (χ3v) is 4.02. The second kappa shape index (κ2) is 6.60. The third-order valence-electron chi connectivity index (χ3n) is 4.02. The molecule has 3 heteroatoms. The summed E-state index contributed by atoms with van der Waals surface area (Å²) in [6.45, 7) is 2.18. The van der Waals surface area contributed by atoms with Crippen LogP contribution in [0.15, 0.2) is 24.3 Å². The van der Waals surface area contributed by atoms with Gasteiger partial charge in [-0.05, 0) is 36.5 Å². The smallest absolute Gasteiger partial charge is 0.308 e. The zero-order valence-corrected chi connectivity index (χ0v) is 11.6. The van der Waals surface area contributed by atoms with Crippen molar-refractivity contribution in [2.75, 3.05) is 11.9 Å². The van der Waals surface area contributed by atoms with Gasteiger partial charge in [-0.2, -0.15) is 0 Å². The lowest BCUT2D eigenvalue weighted by atomic mass is 9.84. The fourth-order valence-corrected chi connectivity index (χ4v) is 2.67. The highest BCUT2D eigenvalue weighted by Gasteiger charge is 2.15. The summed E-state index contributed by atoms with van der Waals surface area (Å²) >= 11 is 0. The first kappa shape index (κ1) is 13.9. The average Bonchev–Trinajstić information content (AvgIpc) is 2.46. The number of hydrogen-bond acceptors (Lipinski definition) is 2. The molecule has 0 bridgehead atoms. The fraction of sp³-hybridized carbons (Fsp3) is 0.562. The normalized spacial score (nSPS) is 17.9. The molecule has 2 rings (SSSR count). The largest absolute Gasteiger partial charge is 0.481 e. The summed E-state index contributed by atoms with van der Waals surface area (Å²) in [5, 5.41) is 12.0. The molecule has 0 saturated heterocycles. The second-order valence-electron chi connectivity index (χ2n) is 5.58. The highest BCUT2D eigenvalue weighted by atomic mass is 16.4. The van der Waals surface area contributed by atoms with Gasteiger partial charge in [-0.3, -0.25) is 4.79 Å². The Bertz CT molecular complexity index is 407. The maximum Gasteiger partial charge on any atom is 0.308 e. The van der Waals surface area contributed by atoms with Crippen molar-refractivity contribution in [3.05, 3.63) is 29.8 Å². The minimum absolute atomic E-state index is 0.363. The number of anilines is 1.